The lowest BCUT2D eigenvalue weighted by molar-refractivity contribution is 0.0696. The van der Waals surface area contributed by atoms with Crippen molar-refractivity contribution in [3.8, 4) is 5.75 Å². The molecule has 0 aliphatic rings. The van der Waals surface area contributed by atoms with E-state index in [1.54, 1.807) is 0 Å². The molecule has 12 heavy (non-hydrogen) atoms. The predicted octanol–water partition coefficient (Wildman–Crippen LogP) is 1.55. The molecular formula is C7H6BrNO3. The molecule has 0 aromatic carbocycles. The number of methoxy groups -OCH3 is 1. The summed E-state index contributed by atoms with van der Waals surface area (Å²) in [4.78, 5) is 14.3. The molecule has 0 saturated heterocycles. The van der Waals surface area contributed by atoms with Crippen LogP contribution in [-0.2, 0) is 0 Å². The highest BCUT2D eigenvalue weighted by Crippen LogP contribution is 2.22. The van der Waals surface area contributed by atoms with E-state index in [1.807, 2.05) is 0 Å². The first-order chi connectivity index (χ1) is 5.65. The summed E-state index contributed by atoms with van der Waals surface area (Å²) in [6, 6.07) is 1.40. The maximum atomic E-state index is 10.5. The van der Waals surface area contributed by atoms with E-state index in [4.69, 9.17) is 9.84 Å². The van der Waals surface area contributed by atoms with Crippen LogP contribution >= 0.6 is 15.9 Å². The first kappa shape index (κ1) is 8.99. The van der Waals surface area contributed by atoms with Gasteiger partial charge in [0.25, 0.3) is 0 Å². The van der Waals surface area contributed by atoms with Crippen molar-refractivity contribution in [1.82, 2.24) is 4.98 Å². The van der Waals surface area contributed by atoms with Crippen molar-refractivity contribution < 1.29 is 14.6 Å². The average Bonchev–Trinajstić information content (AvgIpc) is 2.05. The second kappa shape index (κ2) is 3.53. The third kappa shape index (κ3) is 1.73. The number of hydrogen-bond donors (Lipinski definition) is 1. The standard InChI is InChI=1S/C7H6BrNO3/c1-12-5-2-4(7(10)11)3-9-6(5)8/h2-3H,1H3,(H,10,11). The van der Waals surface area contributed by atoms with Crippen LogP contribution in [0.1, 0.15) is 10.4 Å². The summed E-state index contributed by atoms with van der Waals surface area (Å²) >= 11 is 3.11. The minimum Gasteiger partial charge on any atom is -0.494 e. The Labute approximate surface area is 77.3 Å². The fourth-order valence-corrected chi connectivity index (χ4v) is 1.07. The minimum atomic E-state index is -1.02. The van der Waals surface area contributed by atoms with Crippen LogP contribution in [0, 0.1) is 0 Å². The Kier molecular flexibility index (Phi) is 2.65. The molecule has 0 saturated carbocycles. The van der Waals surface area contributed by atoms with E-state index >= 15 is 0 Å². The van der Waals surface area contributed by atoms with Gasteiger partial charge in [-0.2, -0.15) is 0 Å². The first-order valence-electron chi connectivity index (χ1n) is 3.08. The normalized spacial score (nSPS) is 9.50. The van der Waals surface area contributed by atoms with E-state index in [1.165, 1.54) is 19.4 Å². The van der Waals surface area contributed by atoms with Crippen LogP contribution in [0.3, 0.4) is 0 Å². The molecule has 0 spiro atoms. The fourth-order valence-electron chi connectivity index (χ4n) is 0.688. The van der Waals surface area contributed by atoms with E-state index in [2.05, 4.69) is 20.9 Å². The van der Waals surface area contributed by atoms with Gasteiger partial charge in [0, 0.05) is 6.20 Å². The molecule has 5 heteroatoms. The number of hydrogen-bond acceptors (Lipinski definition) is 3. The Morgan fingerprint density at radius 3 is 2.92 bits per heavy atom. The van der Waals surface area contributed by atoms with Gasteiger partial charge in [0.05, 0.1) is 12.7 Å². The molecule has 0 unspecified atom stereocenters. The number of nitrogens with zero attached hydrogens (tertiary/aromatic N) is 1. The van der Waals surface area contributed by atoms with Crippen LogP contribution in [0.15, 0.2) is 16.9 Å². The van der Waals surface area contributed by atoms with Crippen molar-refractivity contribution in [2.24, 2.45) is 0 Å². The van der Waals surface area contributed by atoms with Crippen LogP contribution in [-0.4, -0.2) is 23.2 Å². The van der Waals surface area contributed by atoms with Gasteiger partial charge < -0.3 is 9.84 Å². The lowest BCUT2D eigenvalue weighted by Crippen LogP contribution is -1.98. The van der Waals surface area contributed by atoms with E-state index in [0.29, 0.717) is 10.4 Å². The number of ether oxygens (including phenoxy) is 1. The molecule has 0 aliphatic heterocycles. The Hall–Kier alpha value is -1.10. The Morgan fingerprint density at radius 2 is 2.42 bits per heavy atom. The quantitative estimate of drug-likeness (QED) is 0.786. The van der Waals surface area contributed by atoms with Gasteiger partial charge in [-0.25, -0.2) is 9.78 Å². The lowest BCUT2D eigenvalue weighted by atomic mass is 10.3. The molecule has 0 aliphatic carbocycles. The van der Waals surface area contributed by atoms with Crippen molar-refractivity contribution in [3.63, 3.8) is 0 Å². The van der Waals surface area contributed by atoms with Crippen molar-refractivity contribution in [1.29, 1.82) is 0 Å². The van der Waals surface area contributed by atoms with E-state index in [-0.39, 0.29) is 5.56 Å². The molecule has 0 atom stereocenters. The summed E-state index contributed by atoms with van der Waals surface area (Å²) in [5.41, 5.74) is 0.107. The van der Waals surface area contributed by atoms with Gasteiger partial charge in [-0.05, 0) is 22.0 Å². The summed E-state index contributed by atoms with van der Waals surface area (Å²) in [7, 11) is 1.45. The number of aromatic carboxylic acids is 1. The highest BCUT2D eigenvalue weighted by Gasteiger charge is 2.07. The van der Waals surface area contributed by atoms with Crippen molar-refractivity contribution in [2.75, 3.05) is 7.11 Å². The van der Waals surface area contributed by atoms with Crippen molar-refractivity contribution in [3.05, 3.63) is 22.4 Å². The van der Waals surface area contributed by atoms with Gasteiger partial charge in [0.15, 0.2) is 5.75 Å². The smallest absolute Gasteiger partial charge is 0.337 e. The molecule has 1 aromatic rings. The van der Waals surface area contributed by atoms with E-state index < -0.39 is 5.97 Å². The number of aromatic nitrogens is 1. The lowest BCUT2D eigenvalue weighted by Gasteiger charge is -2.01. The molecule has 0 fully saturated rings. The maximum absolute atomic E-state index is 10.5. The Morgan fingerprint density at radius 1 is 1.75 bits per heavy atom. The highest BCUT2D eigenvalue weighted by molar-refractivity contribution is 9.10. The Balaban J connectivity index is 3.13. The number of carbonyl (C=O) groups is 1. The third-order valence-corrected chi connectivity index (χ3v) is 1.87. The summed E-state index contributed by atoms with van der Waals surface area (Å²) in [5.74, 6) is -0.608. The van der Waals surface area contributed by atoms with E-state index in [9.17, 15) is 4.79 Å². The second-order valence-electron chi connectivity index (χ2n) is 2.02. The summed E-state index contributed by atoms with van der Waals surface area (Å²) in [5, 5.41) is 8.58. The molecule has 0 amide bonds. The molecule has 4 nitrogen and oxygen atoms in total. The molecule has 64 valence electrons. The van der Waals surface area contributed by atoms with Crippen LogP contribution in [0.4, 0.5) is 0 Å². The van der Waals surface area contributed by atoms with Crippen LogP contribution < -0.4 is 4.74 Å². The predicted molar refractivity (Wildman–Crippen MR) is 45.4 cm³/mol. The zero-order valence-electron chi connectivity index (χ0n) is 6.24. The molecule has 1 N–H and O–H groups in total. The molecule has 1 heterocycles. The fraction of sp³-hybridized carbons (Fsp3) is 0.143. The SMILES string of the molecule is COc1cc(C(=O)O)cnc1Br. The van der Waals surface area contributed by atoms with Gasteiger partial charge in [0.2, 0.25) is 0 Å². The molecule has 1 rings (SSSR count). The van der Waals surface area contributed by atoms with Gasteiger partial charge in [-0.15, -0.1) is 0 Å². The summed E-state index contributed by atoms with van der Waals surface area (Å²) in [6.45, 7) is 0. The number of pyridine rings is 1. The molecular weight excluding hydrogens is 226 g/mol. The first-order valence-corrected chi connectivity index (χ1v) is 3.87. The number of carboxylic acids is 1. The average molecular weight is 232 g/mol. The molecule has 0 bridgehead atoms. The van der Waals surface area contributed by atoms with Crippen LogP contribution in [0.5, 0.6) is 5.75 Å². The zero-order chi connectivity index (χ0) is 9.14. The topological polar surface area (TPSA) is 59.4 Å². The zero-order valence-corrected chi connectivity index (χ0v) is 7.83. The van der Waals surface area contributed by atoms with Gasteiger partial charge in [-0.1, -0.05) is 0 Å². The number of rotatable bonds is 2. The molecule has 1 aromatic heterocycles. The summed E-state index contributed by atoms with van der Waals surface area (Å²) < 4.78 is 5.36. The second-order valence-corrected chi connectivity index (χ2v) is 2.77. The van der Waals surface area contributed by atoms with Gasteiger partial charge in [-0.3, -0.25) is 0 Å². The van der Waals surface area contributed by atoms with Gasteiger partial charge >= 0.3 is 5.97 Å². The molecule has 0 radical (unpaired) electrons. The maximum Gasteiger partial charge on any atom is 0.337 e. The highest BCUT2D eigenvalue weighted by atomic mass is 79.9. The number of carboxylic acid groups (broad SMARTS) is 1. The van der Waals surface area contributed by atoms with Crippen molar-refractivity contribution in [2.45, 2.75) is 0 Å². The van der Waals surface area contributed by atoms with Gasteiger partial charge in [0.1, 0.15) is 4.60 Å². The largest absolute Gasteiger partial charge is 0.494 e. The third-order valence-electron chi connectivity index (χ3n) is 1.27. The minimum absolute atomic E-state index is 0.107. The van der Waals surface area contributed by atoms with Crippen LogP contribution in [0.2, 0.25) is 0 Å². The van der Waals surface area contributed by atoms with Crippen molar-refractivity contribution >= 4 is 21.9 Å². The van der Waals surface area contributed by atoms with E-state index in [0.717, 1.165) is 0 Å². The monoisotopic (exact) mass is 231 g/mol. The Bertz CT molecular complexity index is 314. The number of halogens is 1. The van der Waals surface area contributed by atoms with Crippen LogP contribution in [0.25, 0.3) is 0 Å². The summed E-state index contributed by atoms with van der Waals surface area (Å²) in [6.07, 6.45) is 1.26.